The van der Waals surface area contributed by atoms with Gasteiger partial charge in [0.25, 0.3) is 5.91 Å². The van der Waals surface area contributed by atoms with Gasteiger partial charge in [0, 0.05) is 19.0 Å². The Hall–Kier alpha value is -2.18. The molecule has 7 heteroatoms. The van der Waals surface area contributed by atoms with Crippen LogP contribution in [0, 0.1) is 6.92 Å². The highest BCUT2D eigenvalue weighted by atomic mass is 16.5. The molecule has 0 atom stereocenters. The van der Waals surface area contributed by atoms with E-state index in [-0.39, 0.29) is 11.6 Å². The molecule has 0 saturated carbocycles. The molecule has 2 aromatic heterocycles. The number of aromatic nitrogens is 4. The average Bonchev–Trinajstić information content (AvgIpc) is 2.93. The molecular formula is C12H17N5O2. The van der Waals surface area contributed by atoms with Crippen molar-refractivity contribution in [3.05, 3.63) is 29.2 Å². The summed E-state index contributed by atoms with van der Waals surface area (Å²) >= 11 is 0. The molecule has 1 amide bonds. The summed E-state index contributed by atoms with van der Waals surface area (Å²) in [6, 6.07) is 1.59. The van der Waals surface area contributed by atoms with Gasteiger partial charge in [0.1, 0.15) is 11.6 Å². The summed E-state index contributed by atoms with van der Waals surface area (Å²) < 4.78 is 6.74. The minimum atomic E-state index is -0.286. The largest absolute Gasteiger partial charge is 0.361 e. The van der Waals surface area contributed by atoms with Crippen LogP contribution < -0.4 is 5.32 Å². The van der Waals surface area contributed by atoms with Crippen LogP contribution >= 0.6 is 0 Å². The molecule has 0 fully saturated rings. The van der Waals surface area contributed by atoms with Crippen LogP contribution in [0.5, 0.6) is 0 Å². The maximum Gasteiger partial charge on any atom is 0.273 e. The van der Waals surface area contributed by atoms with Gasteiger partial charge in [-0.1, -0.05) is 19.0 Å². The van der Waals surface area contributed by atoms with Crippen molar-refractivity contribution in [1.29, 1.82) is 0 Å². The van der Waals surface area contributed by atoms with Crippen LogP contribution in [0.25, 0.3) is 0 Å². The second kappa shape index (κ2) is 5.21. The van der Waals surface area contributed by atoms with Gasteiger partial charge in [0.05, 0.1) is 6.54 Å². The summed E-state index contributed by atoms with van der Waals surface area (Å²) in [5.41, 5.74) is 0.267. The maximum atomic E-state index is 11.8. The third-order valence-corrected chi connectivity index (χ3v) is 2.78. The Labute approximate surface area is 111 Å². The first-order chi connectivity index (χ1) is 8.99. The highest BCUT2D eigenvalue weighted by Gasteiger charge is 2.14. The van der Waals surface area contributed by atoms with Crippen LogP contribution in [0.4, 0.5) is 0 Å². The first kappa shape index (κ1) is 13.3. The fourth-order valence-electron chi connectivity index (χ4n) is 1.76. The molecule has 0 aromatic carbocycles. The number of carbonyl (C=O) groups excluding carboxylic acids is 1. The van der Waals surface area contributed by atoms with Crippen molar-refractivity contribution in [2.24, 2.45) is 7.05 Å². The predicted octanol–water partition coefficient (Wildman–Crippen LogP) is 1.16. The lowest BCUT2D eigenvalue weighted by Gasteiger charge is -2.06. The maximum absolute atomic E-state index is 11.8. The molecule has 2 aromatic rings. The summed E-state index contributed by atoms with van der Waals surface area (Å²) in [7, 11) is 1.89. The molecular weight excluding hydrogens is 246 g/mol. The lowest BCUT2D eigenvalue weighted by molar-refractivity contribution is 0.0940. The summed E-state index contributed by atoms with van der Waals surface area (Å²) in [5.74, 6) is 2.20. The van der Waals surface area contributed by atoms with Gasteiger partial charge in [-0.3, -0.25) is 4.79 Å². The zero-order valence-corrected chi connectivity index (χ0v) is 11.5. The zero-order chi connectivity index (χ0) is 14.0. The van der Waals surface area contributed by atoms with Gasteiger partial charge in [-0.15, -0.1) is 10.2 Å². The number of amides is 1. The molecule has 0 aliphatic carbocycles. The first-order valence-electron chi connectivity index (χ1n) is 6.08. The number of nitrogens with one attached hydrogen (secondary N) is 1. The van der Waals surface area contributed by atoms with Crippen LogP contribution in [0.15, 0.2) is 10.6 Å². The SMILES string of the molecule is Cc1cc(C(=O)NCc2nnc(C(C)C)n2C)no1. The quantitative estimate of drug-likeness (QED) is 0.894. The molecule has 0 aliphatic heterocycles. The Morgan fingerprint density at radius 1 is 1.47 bits per heavy atom. The van der Waals surface area contributed by atoms with Gasteiger partial charge in [-0.25, -0.2) is 0 Å². The third-order valence-electron chi connectivity index (χ3n) is 2.78. The highest BCUT2D eigenvalue weighted by molar-refractivity contribution is 5.92. The van der Waals surface area contributed by atoms with Crippen LogP contribution in [-0.4, -0.2) is 25.8 Å². The van der Waals surface area contributed by atoms with E-state index in [2.05, 4.69) is 20.7 Å². The number of rotatable bonds is 4. The van der Waals surface area contributed by atoms with Crippen LogP contribution in [0.1, 0.15) is 47.7 Å². The van der Waals surface area contributed by atoms with E-state index in [9.17, 15) is 4.79 Å². The average molecular weight is 263 g/mol. The van der Waals surface area contributed by atoms with E-state index < -0.39 is 0 Å². The fraction of sp³-hybridized carbons (Fsp3) is 0.500. The molecule has 19 heavy (non-hydrogen) atoms. The highest BCUT2D eigenvalue weighted by Crippen LogP contribution is 2.11. The second-order valence-corrected chi connectivity index (χ2v) is 4.69. The Balaban J connectivity index is 2.01. The van der Waals surface area contributed by atoms with E-state index in [1.165, 1.54) is 0 Å². The van der Waals surface area contributed by atoms with Crippen molar-refractivity contribution >= 4 is 5.91 Å². The van der Waals surface area contributed by atoms with Crippen LogP contribution in [0.3, 0.4) is 0 Å². The molecule has 0 saturated heterocycles. The third kappa shape index (κ3) is 2.81. The van der Waals surface area contributed by atoms with E-state index in [0.29, 0.717) is 24.0 Å². The van der Waals surface area contributed by atoms with Crippen molar-refractivity contribution in [3.63, 3.8) is 0 Å². The summed E-state index contributed by atoms with van der Waals surface area (Å²) in [4.78, 5) is 11.8. The molecule has 0 bridgehead atoms. The van der Waals surface area contributed by atoms with E-state index >= 15 is 0 Å². The van der Waals surface area contributed by atoms with Crippen molar-refractivity contribution < 1.29 is 9.32 Å². The van der Waals surface area contributed by atoms with Gasteiger partial charge in [-0.2, -0.15) is 0 Å². The Morgan fingerprint density at radius 3 is 2.74 bits per heavy atom. The van der Waals surface area contributed by atoms with Gasteiger partial charge < -0.3 is 14.4 Å². The smallest absolute Gasteiger partial charge is 0.273 e. The van der Waals surface area contributed by atoms with Gasteiger partial charge in [0.15, 0.2) is 11.5 Å². The minimum absolute atomic E-state index is 0.267. The lowest BCUT2D eigenvalue weighted by atomic mass is 10.2. The standard InChI is InChI=1S/C12H17N5O2/c1-7(2)11-15-14-10(17(11)4)6-13-12(18)9-5-8(3)19-16-9/h5,7H,6H2,1-4H3,(H,13,18). The molecule has 2 heterocycles. The van der Waals surface area contributed by atoms with Gasteiger partial charge >= 0.3 is 0 Å². The molecule has 0 radical (unpaired) electrons. The lowest BCUT2D eigenvalue weighted by Crippen LogP contribution is -2.24. The minimum Gasteiger partial charge on any atom is -0.361 e. The monoisotopic (exact) mass is 263 g/mol. The summed E-state index contributed by atoms with van der Waals surface area (Å²) in [6.45, 7) is 6.14. The second-order valence-electron chi connectivity index (χ2n) is 4.69. The molecule has 0 unspecified atom stereocenters. The fourth-order valence-corrected chi connectivity index (χ4v) is 1.76. The zero-order valence-electron chi connectivity index (χ0n) is 11.5. The summed E-state index contributed by atoms with van der Waals surface area (Å²) in [5, 5.41) is 14.6. The van der Waals surface area contributed by atoms with E-state index in [1.807, 2.05) is 25.5 Å². The summed E-state index contributed by atoms with van der Waals surface area (Å²) in [6.07, 6.45) is 0. The van der Waals surface area contributed by atoms with E-state index in [4.69, 9.17) is 4.52 Å². The van der Waals surface area contributed by atoms with Crippen LogP contribution in [-0.2, 0) is 13.6 Å². The molecule has 102 valence electrons. The van der Waals surface area contributed by atoms with Gasteiger partial charge in [-0.05, 0) is 6.92 Å². The van der Waals surface area contributed by atoms with Crippen molar-refractivity contribution in [3.8, 4) is 0 Å². The molecule has 1 N–H and O–H groups in total. The normalized spacial score (nSPS) is 11.0. The Bertz CT molecular complexity index is 585. The predicted molar refractivity (Wildman–Crippen MR) is 67.5 cm³/mol. The van der Waals surface area contributed by atoms with E-state index in [0.717, 1.165) is 5.82 Å². The molecule has 0 aliphatic rings. The number of hydrogen-bond acceptors (Lipinski definition) is 5. The number of aryl methyl sites for hydroxylation is 1. The molecule has 7 nitrogen and oxygen atoms in total. The van der Waals surface area contributed by atoms with Crippen molar-refractivity contribution in [2.45, 2.75) is 33.2 Å². The first-order valence-corrected chi connectivity index (χ1v) is 6.08. The van der Waals surface area contributed by atoms with Crippen LogP contribution in [0.2, 0.25) is 0 Å². The van der Waals surface area contributed by atoms with Gasteiger partial charge in [0.2, 0.25) is 0 Å². The van der Waals surface area contributed by atoms with E-state index in [1.54, 1.807) is 13.0 Å². The Kier molecular flexibility index (Phi) is 3.64. The Morgan fingerprint density at radius 2 is 2.21 bits per heavy atom. The molecule has 2 rings (SSSR count). The molecule has 0 spiro atoms. The number of hydrogen-bond donors (Lipinski definition) is 1. The van der Waals surface area contributed by atoms with Crippen molar-refractivity contribution in [2.75, 3.05) is 0 Å². The van der Waals surface area contributed by atoms with Crippen molar-refractivity contribution in [1.82, 2.24) is 25.2 Å². The number of nitrogens with zero attached hydrogens (tertiary/aromatic N) is 4. The topological polar surface area (TPSA) is 85.8 Å². The number of carbonyl (C=O) groups is 1.